The summed E-state index contributed by atoms with van der Waals surface area (Å²) >= 11 is 0. The highest BCUT2D eigenvalue weighted by Crippen LogP contribution is 2.32. The number of nitrogens with zero attached hydrogens (tertiary/aromatic N) is 1. The minimum absolute atomic E-state index is 0.0166. The average Bonchev–Trinajstić information content (AvgIpc) is 3.02. The van der Waals surface area contributed by atoms with Crippen LogP contribution in [0.3, 0.4) is 0 Å². The van der Waals surface area contributed by atoms with E-state index in [9.17, 15) is 14.4 Å². The number of aryl methyl sites for hydroxylation is 2. The van der Waals surface area contributed by atoms with Crippen molar-refractivity contribution in [2.24, 2.45) is 0 Å². The Bertz CT molecular complexity index is 1370. The Kier molecular flexibility index (Phi) is 18.3. The molecule has 3 amide bonds. The zero-order valence-corrected chi connectivity index (χ0v) is 33.3. The Labute approximate surface area is 309 Å². The Morgan fingerprint density at radius 2 is 1.20 bits per heavy atom. The van der Waals surface area contributed by atoms with Crippen molar-refractivity contribution in [1.29, 1.82) is 0 Å². The second kappa shape index (κ2) is 21.5. The largest absolute Gasteiger partial charge is 0.460 e. The molecule has 0 aliphatic carbocycles. The summed E-state index contributed by atoms with van der Waals surface area (Å²) in [5.41, 5.74) is 6.96. The van der Waals surface area contributed by atoms with Gasteiger partial charge in [-0.25, -0.2) is 14.4 Å². The molecule has 284 valence electrons. The number of nitrogens with one attached hydrogen (secondary N) is 2. The molecule has 51 heavy (non-hydrogen) atoms. The molecule has 0 spiro atoms. The zero-order chi connectivity index (χ0) is 38.0. The van der Waals surface area contributed by atoms with Crippen molar-refractivity contribution in [2.45, 2.75) is 144 Å². The predicted molar refractivity (Wildman–Crippen MR) is 210 cm³/mol. The van der Waals surface area contributed by atoms with Crippen LogP contribution in [0, 0.1) is 13.8 Å². The predicted octanol–water partition coefficient (Wildman–Crippen LogP) is 10.7. The second-order valence-corrected chi connectivity index (χ2v) is 16.2. The van der Waals surface area contributed by atoms with E-state index in [1.54, 1.807) is 6.92 Å². The molecule has 2 N–H and O–H groups in total. The molecule has 2 aromatic carbocycles. The molecule has 0 heterocycles. The number of hydrogen-bond acceptors (Lipinski definition) is 5. The van der Waals surface area contributed by atoms with Gasteiger partial charge in [0, 0.05) is 24.4 Å². The molecule has 0 radical (unpaired) electrons. The summed E-state index contributed by atoms with van der Waals surface area (Å²) in [5.74, 6) is -0.448. The zero-order valence-electron chi connectivity index (χ0n) is 33.3. The number of hydrogen-bond donors (Lipinski definition) is 2. The fourth-order valence-corrected chi connectivity index (χ4v) is 5.87. The maximum Gasteiger partial charge on any atom is 0.411 e. The minimum atomic E-state index is -0.448. The van der Waals surface area contributed by atoms with Crippen LogP contribution in [-0.4, -0.2) is 49.3 Å². The smallest absolute Gasteiger partial charge is 0.411 e. The standard InChI is InChI=1S/C43H67N3O5/c1-32(2)39(47)50-24-21-44-40(48)46(31-35-26-33(3)25-34(4)27-35)22-19-17-15-13-11-12-14-16-18-20-23-51-41(49)45-38-29-36(42(5,6)7)28-37(30-38)43(8,9)10/h25-30H,1,11-24,31H2,2-10H3,(H,44,48)(H,45,49). The van der Waals surface area contributed by atoms with Crippen molar-refractivity contribution in [3.05, 3.63) is 76.4 Å². The van der Waals surface area contributed by atoms with Crippen molar-refractivity contribution in [3.8, 4) is 0 Å². The van der Waals surface area contributed by atoms with Gasteiger partial charge in [-0.05, 0) is 73.3 Å². The van der Waals surface area contributed by atoms with Gasteiger partial charge in [0.05, 0.1) is 13.2 Å². The van der Waals surface area contributed by atoms with Crippen LogP contribution in [0.25, 0.3) is 0 Å². The van der Waals surface area contributed by atoms with Crippen molar-refractivity contribution in [2.75, 3.05) is 31.6 Å². The van der Waals surface area contributed by atoms with Gasteiger partial charge in [-0.15, -0.1) is 0 Å². The Balaban J connectivity index is 1.62. The molecule has 2 rings (SSSR count). The van der Waals surface area contributed by atoms with Gasteiger partial charge in [0.15, 0.2) is 0 Å². The van der Waals surface area contributed by atoms with Crippen molar-refractivity contribution in [1.82, 2.24) is 10.2 Å². The van der Waals surface area contributed by atoms with E-state index < -0.39 is 12.1 Å². The van der Waals surface area contributed by atoms with Crippen molar-refractivity contribution in [3.63, 3.8) is 0 Å². The third kappa shape index (κ3) is 17.8. The number of rotatable bonds is 20. The van der Waals surface area contributed by atoms with Crippen LogP contribution in [0.2, 0.25) is 0 Å². The molecule has 0 saturated carbocycles. The molecule has 8 heteroatoms. The lowest BCUT2D eigenvalue weighted by Gasteiger charge is -2.26. The van der Waals surface area contributed by atoms with Crippen LogP contribution in [0.15, 0.2) is 48.6 Å². The van der Waals surface area contributed by atoms with Gasteiger partial charge in [-0.3, -0.25) is 5.32 Å². The summed E-state index contributed by atoms with van der Waals surface area (Å²) in [7, 11) is 0. The van der Waals surface area contributed by atoms with E-state index in [2.05, 4.69) is 96.9 Å². The third-order valence-corrected chi connectivity index (χ3v) is 8.87. The average molecular weight is 706 g/mol. The van der Waals surface area contributed by atoms with E-state index >= 15 is 0 Å². The van der Waals surface area contributed by atoms with Crippen LogP contribution in [0.1, 0.15) is 140 Å². The molecular formula is C43H67N3O5. The number of carbonyl (C=O) groups excluding carboxylic acids is 3. The number of urea groups is 1. The highest BCUT2D eigenvalue weighted by Gasteiger charge is 2.21. The number of benzene rings is 2. The summed E-state index contributed by atoms with van der Waals surface area (Å²) in [6.45, 7) is 24.4. The topological polar surface area (TPSA) is 97.0 Å². The number of unbranched alkanes of at least 4 members (excludes halogenated alkanes) is 9. The van der Waals surface area contributed by atoms with Gasteiger partial charge in [0.2, 0.25) is 0 Å². The molecule has 0 aliphatic rings. The summed E-state index contributed by atoms with van der Waals surface area (Å²) in [5, 5.41) is 5.85. The number of ether oxygens (including phenoxy) is 2. The molecule has 8 nitrogen and oxygen atoms in total. The maximum absolute atomic E-state index is 13.0. The summed E-state index contributed by atoms with van der Waals surface area (Å²) in [6, 6.07) is 12.6. The van der Waals surface area contributed by atoms with Gasteiger partial charge < -0.3 is 19.7 Å². The summed E-state index contributed by atoms with van der Waals surface area (Å²) in [4.78, 5) is 39.0. The lowest BCUT2D eigenvalue weighted by Crippen LogP contribution is -2.41. The van der Waals surface area contributed by atoms with Crippen molar-refractivity contribution >= 4 is 23.8 Å². The number of esters is 1. The molecule has 0 bridgehead atoms. The van der Waals surface area contributed by atoms with Crippen LogP contribution in [-0.2, 0) is 31.6 Å². The highest BCUT2D eigenvalue weighted by molar-refractivity contribution is 5.87. The van der Waals surface area contributed by atoms with Crippen LogP contribution >= 0.6 is 0 Å². The molecule has 0 aromatic heterocycles. The first-order valence-corrected chi connectivity index (χ1v) is 19.0. The first-order chi connectivity index (χ1) is 24.0. The third-order valence-electron chi connectivity index (χ3n) is 8.87. The lowest BCUT2D eigenvalue weighted by atomic mass is 9.80. The Hall–Kier alpha value is -3.81. The van der Waals surface area contributed by atoms with E-state index in [1.165, 1.54) is 47.9 Å². The monoisotopic (exact) mass is 706 g/mol. The van der Waals surface area contributed by atoms with E-state index in [-0.39, 0.29) is 30.0 Å². The van der Waals surface area contributed by atoms with Crippen LogP contribution in [0.5, 0.6) is 0 Å². The first-order valence-electron chi connectivity index (χ1n) is 19.0. The van der Waals surface area contributed by atoms with Crippen LogP contribution in [0.4, 0.5) is 15.3 Å². The Morgan fingerprint density at radius 3 is 1.71 bits per heavy atom. The summed E-state index contributed by atoms with van der Waals surface area (Å²) in [6.07, 6.45) is 10.6. The normalized spacial score (nSPS) is 11.5. The second-order valence-electron chi connectivity index (χ2n) is 16.2. The Morgan fingerprint density at radius 1 is 0.686 bits per heavy atom. The lowest BCUT2D eigenvalue weighted by molar-refractivity contribution is -0.138. The van der Waals surface area contributed by atoms with Gasteiger partial charge in [-0.1, -0.05) is 135 Å². The van der Waals surface area contributed by atoms with E-state index in [0.29, 0.717) is 25.3 Å². The fourth-order valence-electron chi connectivity index (χ4n) is 5.87. The van der Waals surface area contributed by atoms with Gasteiger partial charge >= 0.3 is 18.1 Å². The quantitative estimate of drug-likeness (QED) is 0.0812. The highest BCUT2D eigenvalue weighted by atomic mass is 16.5. The van der Waals surface area contributed by atoms with Crippen LogP contribution < -0.4 is 10.6 Å². The van der Waals surface area contributed by atoms with E-state index in [4.69, 9.17) is 9.47 Å². The first kappa shape index (κ1) is 43.4. The molecule has 0 aliphatic heterocycles. The van der Waals surface area contributed by atoms with E-state index in [1.807, 2.05) is 17.0 Å². The minimum Gasteiger partial charge on any atom is -0.460 e. The number of carbonyl (C=O) groups is 3. The van der Waals surface area contributed by atoms with Gasteiger partial charge in [-0.2, -0.15) is 0 Å². The maximum atomic E-state index is 13.0. The molecule has 2 aromatic rings. The molecule has 0 saturated heterocycles. The molecule has 0 fully saturated rings. The van der Waals surface area contributed by atoms with Gasteiger partial charge in [0.25, 0.3) is 0 Å². The van der Waals surface area contributed by atoms with Gasteiger partial charge in [0.1, 0.15) is 6.61 Å². The van der Waals surface area contributed by atoms with Crippen molar-refractivity contribution < 1.29 is 23.9 Å². The SMILES string of the molecule is C=C(C)C(=O)OCCNC(=O)N(CCCCCCCCCCCCOC(=O)Nc1cc(C(C)(C)C)cc(C(C)(C)C)c1)Cc1cc(C)cc(C)c1. The molecule has 0 unspecified atom stereocenters. The number of anilines is 1. The molecule has 0 atom stereocenters. The van der Waals surface area contributed by atoms with E-state index in [0.717, 1.165) is 49.8 Å². The summed E-state index contributed by atoms with van der Waals surface area (Å²) < 4.78 is 10.6. The number of amides is 3. The fraction of sp³-hybridized carbons (Fsp3) is 0.605. The molecular weight excluding hydrogens is 638 g/mol.